The Morgan fingerprint density at radius 1 is 1.50 bits per heavy atom. The first-order valence-corrected chi connectivity index (χ1v) is 7.24. The third kappa shape index (κ3) is 2.78. The number of aromatic nitrogens is 2. The van der Waals surface area contributed by atoms with E-state index in [1.165, 1.54) is 12.8 Å². The van der Waals surface area contributed by atoms with Crippen LogP contribution in [0.25, 0.3) is 11.0 Å². The lowest BCUT2D eigenvalue weighted by Crippen LogP contribution is -2.30. The van der Waals surface area contributed by atoms with E-state index in [-0.39, 0.29) is 5.91 Å². The van der Waals surface area contributed by atoms with Gasteiger partial charge in [0.05, 0.1) is 17.6 Å². The molecule has 0 spiro atoms. The zero-order chi connectivity index (χ0) is 14.1. The minimum absolute atomic E-state index is 0.0620. The van der Waals surface area contributed by atoms with Gasteiger partial charge in [0, 0.05) is 17.6 Å². The summed E-state index contributed by atoms with van der Waals surface area (Å²) in [6.45, 7) is 3.09. The summed E-state index contributed by atoms with van der Waals surface area (Å²) in [5.41, 5.74) is 1.77. The third-order valence-corrected chi connectivity index (χ3v) is 3.64. The molecule has 0 unspecified atom stereocenters. The molecule has 20 heavy (non-hydrogen) atoms. The van der Waals surface area contributed by atoms with Crippen LogP contribution in [0.2, 0.25) is 5.02 Å². The average Bonchev–Trinajstić information content (AvgIpc) is 3.18. The third-order valence-electron chi connectivity index (χ3n) is 3.41. The van der Waals surface area contributed by atoms with Crippen LogP contribution in [0.3, 0.4) is 0 Å². The lowest BCUT2D eigenvalue weighted by molar-refractivity contribution is -0.115. The highest BCUT2D eigenvalue weighted by atomic mass is 35.5. The number of rotatable bonds is 5. The van der Waals surface area contributed by atoms with E-state index in [4.69, 9.17) is 11.6 Å². The molecule has 2 N–H and O–H groups in total. The van der Waals surface area contributed by atoms with Crippen molar-refractivity contribution in [2.75, 3.05) is 11.9 Å². The number of carbonyl (C=O) groups is 1. The fraction of sp³-hybridized carbons (Fsp3) is 0.429. The van der Waals surface area contributed by atoms with E-state index in [0.29, 0.717) is 23.6 Å². The number of nitrogens with zero attached hydrogens (tertiary/aromatic N) is 2. The molecule has 0 aliphatic heterocycles. The highest BCUT2D eigenvalue weighted by Gasteiger charge is 2.21. The van der Waals surface area contributed by atoms with E-state index in [2.05, 4.69) is 15.6 Å². The monoisotopic (exact) mass is 292 g/mol. The molecular weight excluding hydrogens is 276 g/mol. The smallest absolute Gasteiger partial charge is 0.240 e. The maximum atomic E-state index is 11.9. The van der Waals surface area contributed by atoms with Gasteiger partial charge in [-0.15, -0.1) is 0 Å². The maximum absolute atomic E-state index is 11.9. The van der Waals surface area contributed by atoms with Gasteiger partial charge in [-0.1, -0.05) is 11.6 Å². The normalized spacial score (nSPS) is 14.7. The van der Waals surface area contributed by atoms with Crippen LogP contribution in [-0.2, 0) is 11.3 Å². The van der Waals surface area contributed by atoms with Crippen LogP contribution in [0.15, 0.2) is 18.2 Å². The number of anilines is 1. The van der Waals surface area contributed by atoms with Crippen LogP contribution in [0.5, 0.6) is 0 Å². The molecule has 0 radical (unpaired) electrons. The van der Waals surface area contributed by atoms with Crippen molar-refractivity contribution in [1.29, 1.82) is 0 Å². The molecule has 5 nitrogen and oxygen atoms in total. The Hall–Kier alpha value is -1.59. The van der Waals surface area contributed by atoms with E-state index in [0.717, 1.165) is 17.6 Å². The van der Waals surface area contributed by atoms with Gasteiger partial charge in [-0.2, -0.15) is 0 Å². The van der Waals surface area contributed by atoms with E-state index in [1.54, 1.807) is 6.07 Å². The van der Waals surface area contributed by atoms with Crippen LogP contribution in [-0.4, -0.2) is 28.0 Å². The van der Waals surface area contributed by atoms with Gasteiger partial charge in [-0.3, -0.25) is 10.1 Å². The minimum Gasteiger partial charge on any atom is -0.310 e. The van der Waals surface area contributed by atoms with Gasteiger partial charge in [0.15, 0.2) is 0 Å². The second kappa shape index (κ2) is 5.42. The molecule has 3 rings (SSSR count). The number of halogens is 1. The Morgan fingerprint density at radius 2 is 2.30 bits per heavy atom. The topological polar surface area (TPSA) is 59.0 Å². The molecule has 0 saturated heterocycles. The summed E-state index contributed by atoms with van der Waals surface area (Å²) in [5, 5.41) is 6.69. The van der Waals surface area contributed by atoms with Gasteiger partial charge in [0.2, 0.25) is 11.9 Å². The van der Waals surface area contributed by atoms with E-state index >= 15 is 0 Å². The number of hydrogen-bond acceptors (Lipinski definition) is 3. The highest BCUT2D eigenvalue weighted by Crippen LogP contribution is 2.23. The summed E-state index contributed by atoms with van der Waals surface area (Å²) in [7, 11) is 0. The van der Waals surface area contributed by atoms with Crippen molar-refractivity contribution in [3.05, 3.63) is 23.2 Å². The summed E-state index contributed by atoms with van der Waals surface area (Å²) in [4.78, 5) is 16.3. The molecule has 1 heterocycles. The summed E-state index contributed by atoms with van der Waals surface area (Å²) in [6.07, 6.45) is 2.33. The molecule has 1 amide bonds. The number of fused-ring (bicyclic) bond motifs is 1. The molecule has 6 heteroatoms. The number of aryl methyl sites for hydroxylation is 1. The standard InChI is InChI=1S/C14H17ClN4O/c1-2-19-12-6-3-9(15)7-11(12)17-14(19)18-13(20)8-16-10-4-5-10/h3,6-7,10,16H,2,4-5,8H2,1H3,(H,17,18,20). The fourth-order valence-electron chi connectivity index (χ4n) is 2.21. The summed E-state index contributed by atoms with van der Waals surface area (Å²) >= 11 is 5.97. The van der Waals surface area contributed by atoms with Crippen LogP contribution >= 0.6 is 11.6 Å². The molecule has 0 bridgehead atoms. The molecule has 1 aliphatic carbocycles. The van der Waals surface area contributed by atoms with Crippen molar-refractivity contribution >= 4 is 34.5 Å². The summed E-state index contributed by atoms with van der Waals surface area (Å²) < 4.78 is 1.97. The largest absolute Gasteiger partial charge is 0.310 e. The lowest BCUT2D eigenvalue weighted by atomic mass is 10.3. The predicted molar refractivity (Wildman–Crippen MR) is 80.1 cm³/mol. The first-order valence-electron chi connectivity index (χ1n) is 6.86. The van der Waals surface area contributed by atoms with Crippen LogP contribution < -0.4 is 10.6 Å². The fourth-order valence-corrected chi connectivity index (χ4v) is 2.38. The minimum atomic E-state index is -0.0620. The summed E-state index contributed by atoms with van der Waals surface area (Å²) in [5.74, 6) is 0.514. The number of carbonyl (C=O) groups excluding carboxylic acids is 1. The molecule has 1 aliphatic rings. The van der Waals surface area contributed by atoms with Crippen molar-refractivity contribution in [2.45, 2.75) is 32.4 Å². The van der Waals surface area contributed by atoms with Crippen molar-refractivity contribution in [2.24, 2.45) is 0 Å². The Kier molecular flexibility index (Phi) is 3.63. The van der Waals surface area contributed by atoms with Gasteiger partial charge in [0.25, 0.3) is 0 Å². The zero-order valence-electron chi connectivity index (χ0n) is 11.3. The number of benzene rings is 1. The molecular formula is C14H17ClN4O. The van der Waals surface area contributed by atoms with Gasteiger partial charge in [-0.25, -0.2) is 4.98 Å². The van der Waals surface area contributed by atoms with E-state index in [1.807, 2.05) is 23.6 Å². The Morgan fingerprint density at radius 3 is 3.00 bits per heavy atom. The first kappa shape index (κ1) is 13.4. The second-order valence-electron chi connectivity index (χ2n) is 5.02. The number of imidazole rings is 1. The molecule has 2 aromatic rings. The Bertz CT molecular complexity index is 648. The van der Waals surface area contributed by atoms with Gasteiger partial charge in [-0.05, 0) is 38.0 Å². The van der Waals surface area contributed by atoms with E-state index in [9.17, 15) is 4.79 Å². The maximum Gasteiger partial charge on any atom is 0.240 e. The van der Waals surface area contributed by atoms with Crippen molar-refractivity contribution < 1.29 is 4.79 Å². The first-order chi connectivity index (χ1) is 9.67. The number of nitrogens with one attached hydrogen (secondary N) is 2. The zero-order valence-corrected chi connectivity index (χ0v) is 12.1. The summed E-state index contributed by atoms with van der Waals surface area (Å²) in [6, 6.07) is 6.08. The van der Waals surface area contributed by atoms with Crippen molar-refractivity contribution in [1.82, 2.24) is 14.9 Å². The van der Waals surface area contributed by atoms with Crippen molar-refractivity contribution in [3.8, 4) is 0 Å². The average molecular weight is 293 g/mol. The van der Waals surface area contributed by atoms with Crippen molar-refractivity contribution in [3.63, 3.8) is 0 Å². The van der Waals surface area contributed by atoms with Crippen LogP contribution in [0.4, 0.5) is 5.95 Å². The quantitative estimate of drug-likeness (QED) is 0.890. The molecule has 1 saturated carbocycles. The lowest BCUT2D eigenvalue weighted by Gasteiger charge is -2.08. The predicted octanol–water partition coefficient (Wildman–Crippen LogP) is 2.40. The van der Waals surface area contributed by atoms with Gasteiger partial charge >= 0.3 is 0 Å². The van der Waals surface area contributed by atoms with Crippen LogP contribution in [0.1, 0.15) is 19.8 Å². The van der Waals surface area contributed by atoms with Gasteiger partial charge < -0.3 is 9.88 Å². The molecule has 106 valence electrons. The number of amides is 1. The molecule has 1 aromatic heterocycles. The van der Waals surface area contributed by atoms with Crippen LogP contribution in [0, 0.1) is 0 Å². The second-order valence-corrected chi connectivity index (χ2v) is 5.45. The molecule has 1 aromatic carbocycles. The highest BCUT2D eigenvalue weighted by molar-refractivity contribution is 6.31. The van der Waals surface area contributed by atoms with Gasteiger partial charge in [0.1, 0.15) is 0 Å². The SMILES string of the molecule is CCn1c(NC(=O)CNC2CC2)nc2cc(Cl)ccc21. The molecule has 0 atom stereocenters. The Labute approximate surface area is 122 Å². The Balaban J connectivity index is 1.80. The molecule has 1 fully saturated rings. The number of hydrogen-bond donors (Lipinski definition) is 2. The van der Waals surface area contributed by atoms with E-state index < -0.39 is 0 Å².